The number of carbonyl (C=O) groups is 1. The van der Waals surface area contributed by atoms with Crippen molar-refractivity contribution in [3.8, 4) is 0 Å². The van der Waals surface area contributed by atoms with Gasteiger partial charge in [-0.15, -0.1) is 0 Å². The molecule has 0 bridgehead atoms. The number of ether oxygens (including phenoxy) is 1. The van der Waals surface area contributed by atoms with Gasteiger partial charge < -0.3 is 4.74 Å². The first-order chi connectivity index (χ1) is 13.3. The average molecular weight is 406 g/mol. The second kappa shape index (κ2) is 8.78. The van der Waals surface area contributed by atoms with E-state index in [9.17, 15) is 13.2 Å². The minimum atomic E-state index is -3.62. The number of benzene rings is 1. The fourth-order valence-corrected chi connectivity index (χ4v) is 5.08. The van der Waals surface area contributed by atoms with Crippen LogP contribution in [0.5, 0.6) is 0 Å². The molecule has 0 aromatic heterocycles. The first kappa shape index (κ1) is 21.1. The fraction of sp³-hybridized carbons (Fsp3) is 0.591. The second-order valence-electron chi connectivity index (χ2n) is 8.17. The SMILES string of the molecule is Cc1ccc(S(=O)(=O)/C=C/[C@@](C)(C(=O)OC2CCCCC2)N2CCCC2)cc1. The largest absolute Gasteiger partial charge is 0.461 e. The van der Waals surface area contributed by atoms with E-state index in [1.807, 2.05) is 11.8 Å². The van der Waals surface area contributed by atoms with E-state index in [-0.39, 0.29) is 17.0 Å². The molecule has 1 saturated carbocycles. The molecule has 2 aliphatic rings. The first-order valence-electron chi connectivity index (χ1n) is 10.3. The highest BCUT2D eigenvalue weighted by molar-refractivity contribution is 7.94. The maximum atomic E-state index is 13.1. The molecule has 0 unspecified atom stereocenters. The van der Waals surface area contributed by atoms with Gasteiger partial charge in [-0.3, -0.25) is 4.90 Å². The van der Waals surface area contributed by atoms with E-state index in [0.717, 1.165) is 57.2 Å². The zero-order valence-corrected chi connectivity index (χ0v) is 17.7. The van der Waals surface area contributed by atoms with Gasteiger partial charge in [-0.05, 0) is 83.7 Å². The molecule has 1 saturated heterocycles. The Kier molecular flexibility index (Phi) is 6.61. The number of likely N-dealkylation sites (tertiary alicyclic amines) is 1. The summed E-state index contributed by atoms with van der Waals surface area (Å²) < 4.78 is 31.3. The first-order valence-corrected chi connectivity index (χ1v) is 11.8. The monoisotopic (exact) mass is 405 g/mol. The molecule has 1 atom stereocenters. The van der Waals surface area contributed by atoms with Crippen LogP contribution in [0.2, 0.25) is 0 Å². The van der Waals surface area contributed by atoms with Crippen LogP contribution in [0.1, 0.15) is 57.4 Å². The van der Waals surface area contributed by atoms with Crippen molar-refractivity contribution in [3.05, 3.63) is 41.3 Å². The van der Waals surface area contributed by atoms with Crippen molar-refractivity contribution in [1.82, 2.24) is 4.90 Å². The van der Waals surface area contributed by atoms with Crippen molar-refractivity contribution in [3.63, 3.8) is 0 Å². The Balaban J connectivity index is 1.83. The Bertz CT molecular complexity index is 803. The van der Waals surface area contributed by atoms with Crippen molar-refractivity contribution in [2.24, 2.45) is 0 Å². The summed E-state index contributed by atoms with van der Waals surface area (Å²) in [6, 6.07) is 6.75. The van der Waals surface area contributed by atoms with Crippen molar-refractivity contribution >= 4 is 15.8 Å². The molecule has 5 nitrogen and oxygen atoms in total. The summed E-state index contributed by atoms with van der Waals surface area (Å²) >= 11 is 0. The van der Waals surface area contributed by atoms with Gasteiger partial charge in [0.2, 0.25) is 0 Å². The van der Waals surface area contributed by atoms with Gasteiger partial charge in [0.1, 0.15) is 11.6 Å². The van der Waals surface area contributed by atoms with Gasteiger partial charge in [-0.2, -0.15) is 0 Å². The molecule has 2 fully saturated rings. The maximum absolute atomic E-state index is 13.1. The summed E-state index contributed by atoms with van der Waals surface area (Å²) in [5, 5.41) is 1.18. The molecule has 1 aliphatic carbocycles. The highest BCUT2D eigenvalue weighted by Gasteiger charge is 2.41. The summed E-state index contributed by atoms with van der Waals surface area (Å²) in [4.78, 5) is 15.4. The lowest BCUT2D eigenvalue weighted by Gasteiger charge is -2.35. The lowest BCUT2D eigenvalue weighted by atomic mass is 9.96. The lowest BCUT2D eigenvalue weighted by Crippen LogP contribution is -2.51. The van der Waals surface area contributed by atoms with Crippen molar-refractivity contribution in [1.29, 1.82) is 0 Å². The smallest absolute Gasteiger partial charge is 0.330 e. The van der Waals surface area contributed by atoms with Crippen molar-refractivity contribution in [2.75, 3.05) is 13.1 Å². The van der Waals surface area contributed by atoms with Crippen LogP contribution < -0.4 is 0 Å². The predicted molar refractivity (Wildman–Crippen MR) is 110 cm³/mol. The normalized spacial score (nSPS) is 21.6. The molecule has 1 heterocycles. The highest BCUT2D eigenvalue weighted by Crippen LogP contribution is 2.28. The van der Waals surface area contributed by atoms with Gasteiger partial charge in [-0.25, -0.2) is 13.2 Å². The summed E-state index contributed by atoms with van der Waals surface area (Å²) in [7, 11) is -3.62. The molecule has 28 heavy (non-hydrogen) atoms. The molecule has 1 aromatic carbocycles. The summed E-state index contributed by atoms with van der Waals surface area (Å²) in [5.41, 5.74) is -0.0629. The lowest BCUT2D eigenvalue weighted by molar-refractivity contribution is -0.160. The molecular formula is C22H31NO4S. The zero-order valence-electron chi connectivity index (χ0n) is 16.9. The van der Waals surface area contributed by atoms with Crippen LogP contribution in [0.15, 0.2) is 40.6 Å². The molecule has 0 N–H and O–H groups in total. The molecule has 3 rings (SSSR count). The molecular weight excluding hydrogens is 374 g/mol. The topological polar surface area (TPSA) is 63.7 Å². The third kappa shape index (κ3) is 4.84. The van der Waals surface area contributed by atoms with E-state index in [0.29, 0.717) is 0 Å². The zero-order chi connectivity index (χ0) is 20.2. The number of nitrogens with zero attached hydrogens (tertiary/aromatic N) is 1. The van der Waals surface area contributed by atoms with Gasteiger partial charge in [-0.1, -0.05) is 24.1 Å². The van der Waals surface area contributed by atoms with E-state index in [4.69, 9.17) is 4.74 Å². The number of hydrogen-bond acceptors (Lipinski definition) is 5. The van der Waals surface area contributed by atoms with E-state index >= 15 is 0 Å². The molecule has 154 valence electrons. The van der Waals surface area contributed by atoms with Gasteiger partial charge in [0.05, 0.1) is 4.90 Å². The molecule has 0 spiro atoms. The minimum Gasteiger partial charge on any atom is -0.461 e. The van der Waals surface area contributed by atoms with Crippen molar-refractivity contribution < 1.29 is 17.9 Å². The van der Waals surface area contributed by atoms with Gasteiger partial charge in [0.25, 0.3) is 0 Å². The molecule has 6 heteroatoms. The third-order valence-corrected chi connectivity index (χ3v) is 7.35. The molecule has 0 amide bonds. The quantitative estimate of drug-likeness (QED) is 0.669. The number of carbonyl (C=O) groups excluding carboxylic acids is 1. The Hall–Kier alpha value is -1.66. The summed E-state index contributed by atoms with van der Waals surface area (Å²) in [5.74, 6) is -0.336. The fourth-order valence-electron chi connectivity index (χ4n) is 3.97. The van der Waals surface area contributed by atoms with Crippen LogP contribution in [-0.4, -0.2) is 44.0 Å². The van der Waals surface area contributed by atoms with Crippen molar-refractivity contribution in [2.45, 2.75) is 75.3 Å². The second-order valence-corrected chi connectivity index (χ2v) is 10.0. The van der Waals surface area contributed by atoms with E-state index in [2.05, 4.69) is 0 Å². The number of sulfone groups is 1. The van der Waals surface area contributed by atoms with Crippen LogP contribution in [-0.2, 0) is 19.4 Å². The Morgan fingerprint density at radius 3 is 2.29 bits per heavy atom. The van der Waals surface area contributed by atoms with Crippen LogP contribution >= 0.6 is 0 Å². The Labute approximate surface area is 168 Å². The minimum absolute atomic E-state index is 0.0507. The van der Waals surface area contributed by atoms with Crippen LogP contribution in [0.3, 0.4) is 0 Å². The number of rotatable bonds is 6. The number of aryl methyl sites for hydroxylation is 1. The maximum Gasteiger partial charge on any atom is 0.330 e. The highest BCUT2D eigenvalue weighted by atomic mass is 32.2. The summed E-state index contributed by atoms with van der Waals surface area (Å²) in [6.45, 7) is 5.24. The van der Waals surface area contributed by atoms with Crippen LogP contribution in [0.25, 0.3) is 0 Å². The van der Waals surface area contributed by atoms with Crippen LogP contribution in [0, 0.1) is 6.92 Å². The predicted octanol–water partition coefficient (Wildman–Crippen LogP) is 4.01. The Morgan fingerprint density at radius 1 is 1.07 bits per heavy atom. The summed E-state index contributed by atoms with van der Waals surface area (Å²) in [6.07, 6.45) is 8.62. The number of hydrogen-bond donors (Lipinski definition) is 0. The molecule has 0 radical (unpaired) electrons. The van der Waals surface area contributed by atoms with Gasteiger partial charge >= 0.3 is 5.97 Å². The van der Waals surface area contributed by atoms with Crippen LogP contribution in [0.4, 0.5) is 0 Å². The van der Waals surface area contributed by atoms with Gasteiger partial charge in [0, 0.05) is 5.41 Å². The Morgan fingerprint density at radius 2 is 1.68 bits per heavy atom. The third-order valence-electron chi connectivity index (χ3n) is 5.92. The molecule has 1 aromatic rings. The molecule has 1 aliphatic heterocycles. The standard InChI is InChI=1S/C22H31NO4S/c1-18-10-12-20(13-11-18)28(25,26)17-14-22(2,23-15-6-7-16-23)21(24)27-19-8-4-3-5-9-19/h10-14,17,19H,3-9,15-16H2,1-2H3/b17-14+/t22-/m0/s1. The van der Waals surface area contributed by atoms with E-state index < -0.39 is 15.4 Å². The van der Waals surface area contributed by atoms with Gasteiger partial charge in [0.15, 0.2) is 9.84 Å². The van der Waals surface area contributed by atoms with E-state index in [1.54, 1.807) is 31.2 Å². The average Bonchev–Trinajstić information content (AvgIpc) is 3.23. The number of esters is 1. The van der Waals surface area contributed by atoms with E-state index in [1.165, 1.54) is 17.9 Å².